The number of benzene rings is 6. The van der Waals surface area contributed by atoms with E-state index >= 15 is 0 Å². The highest BCUT2D eigenvalue weighted by atomic mass is 15.0. The third-order valence-electron chi connectivity index (χ3n) is 8.40. The molecule has 9 aromatic rings. The zero-order chi connectivity index (χ0) is 28.9. The van der Waals surface area contributed by atoms with E-state index in [9.17, 15) is 0 Å². The molecule has 0 aliphatic rings. The van der Waals surface area contributed by atoms with Crippen LogP contribution in [0.4, 0.5) is 0 Å². The lowest BCUT2D eigenvalue weighted by Crippen LogP contribution is -1.95. The number of hydrogen-bond acceptors (Lipinski definition) is 2. The van der Waals surface area contributed by atoms with Gasteiger partial charge in [0.05, 0.1) is 27.8 Å². The van der Waals surface area contributed by atoms with Crippen LogP contribution in [0.15, 0.2) is 140 Å². The summed E-state index contributed by atoms with van der Waals surface area (Å²) in [5, 5.41) is 9.88. The van der Waals surface area contributed by atoms with E-state index in [-0.39, 0.29) is 0 Å². The summed E-state index contributed by atoms with van der Waals surface area (Å²) in [5.41, 5.74) is 7.49. The second-order valence-corrected chi connectivity index (χ2v) is 10.6. The zero-order valence-electron chi connectivity index (χ0n) is 24.1. The van der Waals surface area contributed by atoms with Crippen LogP contribution in [0.3, 0.4) is 0 Å². The predicted octanol–water partition coefficient (Wildman–Crippen LogP) is 10.9. The number of rotatable bonds is 2. The predicted molar refractivity (Wildman–Crippen MR) is 183 cm³/mol. The summed E-state index contributed by atoms with van der Waals surface area (Å²) in [5.74, 6) is 0. The third-order valence-corrected chi connectivity index (χ3v) is 8.40. The molecule has 0 fully saturated rings. The van der Waals surface area contributed by atoms with Gasteiger partial charge in [-0.15, -0.1) is 0 Å². The third kappa shape index (κ3) is 3.82. The molecule has 3 heteroatoms. The first-order valence-electron chi connectivity index (χ1n) is 14.9. The van der Waals surface area contributed by atoms with E-state index in [0.717, 1.165) is 38.8 Å². The monoisotopic (exact) mass is 551 g/mol. The van der Waals surface area contributed by atoms with Crippen molar-refractivity contribution in [2.45, 2.75) is 13.8 Å². The van der Waals surface area contributed by atoms with Gasteiger partial charge in [-0.2, -0.15) is 0 Å². The minimum Gasteiger partial charge on any atom is -0.309 e. The van der Waals surface area contributed by atoms with Crippen LogP contribution in [0, 0.1) is 0 Å². The minimum atomic E-state index is 0.936. The molecule has 0 N–H and O–H groups in total. The second kappa shape index (κ2) is 10.1. The van der Waals surface area contributed by atoms with Crippen molar-refractivity contribution in [1.82, 2.24) is 14.5 Å². The molecule has 0 spiro atoms. The van der Waals surface area contributed by atoms with Crippen LogP contribution >= 0.6 is 0 Å². The second-order valence-electron chi connectivity index (χ2n) is 10.6. The average molecular weight is 552 g/mol. The van der Waals surface area contributed by atoms with Gasteiger partial charge < -0.3 is 4.57 Å². The lowest BCUT2D eigenvalue weighted by molar-refractivity contribution is 1.19. The van der Waals surface area contributed by atoms with Gasteiger partial charge in [-0.25, -0.2) is 4.98 Å². The first kappa shape index (κ1) is 25.2. The summed E-state index contributed by atoms with van der Waals surface area (Å²) in [6.07, 6.45) is 1.84. The maximum absolute atomic E-state index is 5.07. The van der Waals surface area contributed by atoms with Gasteiger partial charge in [0.1, 0.15) is 0 Å². The van der Waals surface area contributed by atoms with Crippen molar-refractivity contribution >= 4 is 65.2 Å². The summed E-state index contributed by atoms with van der Waals surface area (Å²) in [6.45, 7) is 4.00. The lowest BCUT2D eigenvalue weighted by atomic mass is 9.97. The molecule has 6 aromatic carbocycles. The van der Waals surface area contributed by atoms with E-state index < -0.39 is 0 Å². The highest BCUT2D eigenvalue weighted by molar-refractivity contribution is 6.32. The normalized spacial score (nSPS) is 11.5. The number of pyridine rings is 2. The molecule has 204 valence electrons. The Kier molecular flexibility index (Phi) is 5.90. The van der Waals surface area contributed by atoms with Crippen LogP contribution in [0.1, 0.15) is 13.8 Å². The van der Waals surface area contributed by atoms with Crippen molar-refractivity contribution in [3.8, 4) is 16.9 Å². The topological polar surface area (TPSA) is 30.7 Å². The summed E-state index contributed by atoms with van der Waals surface area (Å²) >= 11 is 0. The van der Waals surface area contributed by atoms with E-state index in [4.69, 9.17) is 4.98 Å². The first-order valence-corrected chi connectivity index (χ1v) is 14.9. The fourth-order valence-corrected chi connectivity index (χ4v) is 6.56. The summed E-state index contributed by atoms with van der Waals surface area (Å²) < 4.78 is 2.43. The average Bonchev–Trinajstić information content (AvgIpc) is 3.45. The molecule has 3 heterocycles. The maximum atomic E-state index is 5.07. The molecule has 0 unspecified atom stereocenters. The van der Waals surface area contributed by atoms with E-state index in [0.29, 0.717) is 0 Å². The smallest absolute Gasteiger partial charge is 0.0972 e. The molecular formula is C40H29N3. The molecule has 43 heavy (non-hydrogen) atoms. The number of para-hydroxylation sites is 1. The van der Waals surface area contributed by atoms with Crippen molar-refractivity contribution in [2.24, 2.45) is 0 Å². The van der Waals surface area contributed by atoms with Gasteiger partial charge >= 0.3 is 0 Å². The molecule has 0 saturated carbocycles. The van der Waals surface area contributed by atoms with Gasteiger partial charge in [0.2, 0.25) is 0 Å². The van der Waals surface area contributed by atoms with Crippen molar-refractivity contribution < 1.29 is 0 Å². The fourth-order valence-electron chi connectivity index (χ4n) is 6.56. The van der Waals surface area contributed by atoms with Crippen molar-refractivity contribution in [2.75, 3.05) is 0 Å². The molecule has 0 aliphatic carbocycles. The van der Waals surface area contributed by atoms with Crippen LogP contribution < -0.4 is 0 Å². The van der Waals surface area contributed by atoms with Crippen LogP contribution in [0.5, 0.6) is 0 Å². The van der Waals surface area contributed by atoms with E-state index in [1.54, 1.807) is 0 Å². The quantitative estimate of drug-likeness (QED) is 0.200. The molecule has 0 aliphatic heterocycles. The van der Waals surface area contributed by atoms with E-state index in [1.165, 1.54) is 43.4 Å². The number of aromatic nitrogens is 3. The Bertz CT molecular complexity index is 2470. The van der Waals surface area contributed by atoms with Crippen LogP contribution in [-0.2, 0) is 0 Å². The molecule has 3 nitrogen and oxygen atoms in total. The molecule has 0 atom stereocenters. The Morgan fingerprint density at radius 2 is 1.09 bits per heavy atom. The first-order chi connectivity index (χ1) is 21.3. The van der Waals surface area contributed by atoms with Gasteiger partial charge in [-0.05, 0) is 46.5 Å². The standard InChI is InChI=1S/C38H23N3.C2H6/c1-3-11-30-28(9-1)29-10-2-4-12-31(29)38-35(30)32-13-5-6-14-34(32)41(38)27-20-17-24(18-21-27)33-22-19-26-16-15-25-8-7-23-39-36(25)37(26)40-33;1-2/h1-23H;1-2H3. The number of hydrogen-bond donors (Lipinski definition) is 0. The zero-order valence-corrected chi connectivity index (χ0v) is 24.1. The van der Waals surface area contributed by atoms with Gasteiger partial charge in [0.25, 0.3) is 0 Å². The Labute approximate surface area is 249 Å². The van der Waals surface area contributed by atoms with Gasteiger partial charge in [0.15, 0.2) is 0 Å². The molecule has 9 rings (SSSR count). The maximum Gasteiger partial charge on any atom is 0.0972 e. The van der Waals surface area contributed by atoms with Crippen molar-refractivity contribution in [3.05, 3.63) is 140 Å². The lowest BCUT2D eigenvalue weighted by Gasteiger charge is -2.13. The van der Waals surface area contributed by atoms with Crippen molar-refractivity contribution in [3.63, 3.8) is 0 Å². The highest BCUT2D eigenvalue weighted by Crippen LogP contribution is 2.42. The van der Waals surface area contributed by atoms with Crippen LogP contribution in [0.25, 0.3) is 82.1 Å². The Hall–Kier alpha value is -5.54. The van der Waals surface area contributed by atoms with Gasteiger partial charge in [-0.1, -0.05) is 117 Å². The number of fused-ring (bicyclic) bond motifs is 11. The van der Waals surface area contributed by atoms with Gasteiger partial charge in [0, 0.05) is 44.4 Å². The fraction of sp³-hybridized carbons (Fsp3) is 0.0500. The summed E-state index contributed by atoms with van der Waals surface area (Å²) in [7, 11) is 0. The van der Waals surface area contributed by atoms with Gasteiger partial charge in [-0.3, -0.25) is 4.98 Å². The molecule has 0 radical (unpaired) electrons. The number of nitrogens with zero attached hydrogens (tertiary/aromatic N) is 3. The summed E-state index contributed by atoms with van der Waals surface area (Å²) in [6, 6.07) is 47.7. The largest absolute Gasteiger partial charge is 0.309 e. The molecule has 3 aromatic heterocycles. The molecule has 0 amide bonds. The Balaban J connectivity index is 0.00000136. The van der Waals surface area contributed by atoms with Crippen LogP contribution in [-0.4, -0.2) is 14.5 Å². The molecule has 0 saturated heterocycles. The van der Waals surface area contributed by atoms with Crippen molar-refractivity contribution in [1.29, 1.82) is 0 Å². The summed E-state index contributed by atoms with van der Waals surface area (Å²) in [4.78, 5) is 9.70. The van der Waals surface area contributed by atoms with E-state index in [2.05, 4.69) is 137 Å². The highest BCUT2D eigenvalue weighted by Gasteiger charge is 2.18. The minimum absolute atomic E-state index is 0.936. The SMILES string of the molecule is CC.c1cnc2c(c1)ccc1ccc(-c3ccc(-n4c5ccccc5c5c6ccccc6c6ccccc6c54)cc3)nc12. The Morgan fingerprint density at radius 1 is 0.488 bits per heavy atom. The van der Waals surface area contributed by atoms with Crippen LogP contribution in [0.2, 0.25) is 0 Å². The molecular weight excluding hydrogens is 522 g/mol. The van der Waals surface area contributed by atoms with E-state index in [1.807, 2.05) is 26.1 Å². The molecule has 0 bridgehead atoms. The Morgan fingerprint density at radius 3 is 1.86 bits per heavy atom.